The number of hydrogen-bond donors (Lipinski definition) is 1. The Hall–Kier alpha value is -2.13. The van der Waals surface area contributed by atoms with Gasteiger partial charge in [0.25, 0.3) is 5.69 Å². The van der Waals surface area contributed by atoms with Crippen molar-refractivity contribution in [3.8, 4) is 6.07 Å². The van der Waals surface area contributed by atoms with Crippen molar-refractivity contribution in [2.75, 3.05) is 18.5 Å². The molecule has 1 aromatic carbocycles. The molecule has 0 bridgehead atoms. The van der Waals surface area contributed by atoms with Crippen LogP contribution in [0.4, 0.5) is 11.4 Å². The van der Waals surface area contributed by atoms with Gasteiger partial charge in [-0.25, -0.2) is 0 Å². The van der Waals surface area contributed by atoms with Crippen LogP contribution in [0.15, 0.2) is 18.2 Å². The summed E-state index contributed by atoms with van der Waals surface area (Å²) in [6.45, 7) is 3.43. The van der Waals surface area contributed by atoms with E-state index in [9.17, 15) is 10.1 Å². The van der Waals surface area contributed by atoms with E-state index in [0.717, 1.165) is 19.4 Å². The summed E-state index contributed by atoms with van der Waals surface area (Å²) in [5.74, 6) is 0.352. The summed E-state index contributed by atoms with van der Waals surface area (Å²) < 4.78 is 5.60. The molecule has 106 valence electrons. The maximum atomic E-state index is 11.0. The number of rotatable bonds is 5. The fourth-order valence-electron chi connectivity index (χ4n) is 2.52. The Bertz CT molecular complexity index is 539. The summed E-state index contributed by atoms with van der Waals surface area (Å²) in [5.41, 5.74) is 0.805. The van der Waals surface area contributed by atoms with Crippen LogP contribution in [0.2, 0.25) is 0 Å². The minimum Gasteiger partial charge on any atom is -0.379 e. The second kappa shape index (κ2) is 6.35. The van der Waals surface area contributed by atoms with Gasteiger partial charge in [-0.05, 0) is 25.0 Å². The van der Waals surface area contributed by atoms with E-state index in [-0.39, 0.29) is 11.8 Å². The maximum Gasteiger partial charge on any atom is 0.292 e. The van der Waals surface area contributed by atoms with E-state index in [1.165, 1.54) is 18.2 Å². The number of ether oxygens (including phenoxy) is 1. The van der Waals surface area contributed by atoms with Crippen LogP contribution in [0.5, 0.6) is 0 Å². The van der Waals surface area contributed by atoms with Gasteiger partial charge in [0, 0.05) is 25.1 Å². The van der Waals surface area contributed by atoms with Gasteiger partial charge in [-0.1, -0.05) is 6.92 Å². The van der Waals surface area contributed by atoms with Crippen LogP contribution in [0.1, 0.15) is 25.3 Å². The standard InChI is InChI=1S/C14H17N3O3/c1-2-14-11(5-6-20-14)9-16-12-7-10(8-15)3-4-13(12)17(18)19/h3-4,7,11,14,16H,2,5-6,9H2,1H3. The Morgan fingerprint density at radius 2 is 2.40 bits per heavy atom. The molecule has 1 heterocycles. The number of nitro groups is 1. The Morgan fingerprint density at radius 3 is 3.05 bits per heavy atom. The Balaban J connectivity index is 2.11. The largest absolute Gasteiger partial charge is 0.379 e. The number of nitrogens with one attached hydrogen (secondary N) is 1. The van der Waals surface area contributed by atoms with Crippen molar-refractivity contribution in [2.45, 2.75) is 25.9 Å². The van der Waals surface area contributed by atoms with E-state index in [4.69, 9.17) is 10.00 Å². The minimum atomic E-state index is -0.439. The van der Waals surface area contributed by atoms with Crippen molar-refractivity contribution in [1.29, 1.82) is 5.26 Å². The Labute approximate surface area is 117 Å². The van der Waals surface area contributed by atoms with Crippen LogP contribution in [0, 0.1) is 27.4 Å². The first-order chi connectivity index (χ1) is 9.65. The lowest BCUT2D eigenvalue weighted by Gasteiger charge is -2.18. The summed E-state index contributed by atoms with van der Waals surface area (Å²) in [7, 11) is 0. The SMILES string of the molecule is CCC1OCCC1CNc1cc(C#N)ccc1[N+](=O)[O-]. The fraction of sp³-hybridized carbons (Fsp3) is 0.500. The number of nitro benzene ring substituents is 1. The normalized spacial score (nSPS) is 21.4. The lowest BCUT2D eigenvalue weighted by Crippen LogP contribution is -2.23. The number of benzene rings is 1. The zero-order valence-electron chi connectivity index (χ0n) is 11.3. The highest BCUT2D eigenvalue weighted by atomic mass is 16.6. The lowest BCUT2D eigenvalue weighted by atomic mass is 9.99. The molecule has 0 amide bonds. The summed E-state index contributed by atoms with van der Waals surface area (Å²) in [6, 6.07) is 6.34. The van der Waals surface area contributed by atoms with Crippen LogP contribution >= 0.6 is 0 Å². The fourth-order valence-corrected chi connectivity index (χ4v) is 2.52. The lowest BCUT2D eigenvalue weighted by molar-refractivity contribution is -0.384. The van der Waals surface area contributed by atoms with Crippen molar-refractivity contribution < 1.29 is 9.66 Å². The second-order valence-electron chi connectivity index (χ2n) is 4.85. The topological polar surface area (TPSA) is 88.2 Å². The quantitative estimate of drug-likeness (QED) is 0.659. The molecule has 0 radical (unpaired) electrons. The molecular weight excluding hydrogens is 258 g/mol. The van der Waals surface area contributed by atoms with Gasteiger partial charge in [-0.3, -0.25) is 10.1 Å². The second-order valence-corrected chi connectivity index (χ2v) is 4.85. The molecule has 1 aliphatic rings. The zero-order chi connectivity index (χ0) is 14.5. The highest BCUT2D eigenvalue weighted by molar-refractivity contribution is 5.64. The molecule has 2 rings (SSSR count). The number of nitriles is 1. The first-order valence-electron chi connectivity index (χ1n) is 6.69. The molecule has 6 nitrogen and oxygen atoms in total. The summed E-state index contributed by atoms with van der Waals surface area (Å²) in [4.78, 5) is 10.6. The van der Waals surface area contributed by atoms with Crippen molar-refractivity contribution in [1.82, 2.24) is 0 Å². The molecule has 1 fully saturated rings. The van der Waals surface area contributed by atoms with Crippen molar-refractivity contribution in [3.63, 3.8) is 0 Å². The first-order valence-corrected chi connectivity index (χ1v) is 6.69. The Kier molecular flexibility index (Phi) is 4.53. The summed E-state index contributed by atoms with van der Waals surface area (Å²) in [5, 5.41) is 23.0. The van der Waals surface area contributed by atoms with E-state index in [1.54, 1.807) is 0 Å². The monoisotopic (exact) mass is 275 g/mol. The van der Waals surface area contributed by atoms with E-state index in [1.807, 2.05) is 6.07 Å². The van der Waals surface area contributed by atoms with E-state index in [2.05, 4.69) is 12.2 Å². The van der Waals surface area contributed by atoms with Gasteiger partial charge >= 0.3 is 0 Å². The number of nitrogens with zero attached hydrogens (tertiary/aromatic N) is 2. The molecule has 1 saturated heterocycles. The van der Waals surface area contributed by atoms with E-state index in [0.29, 0.717) is 23.7 Å². The van der Waals surface area contributed by atoms with Gasteiger partial charge in [-0.2, -0.15) is 5.26 Å². The van der Waals surface area contributed by atoms with Crippen LogP contribution in [0.25, 0.3) is 0 Å². The van der Waals surface area contributed by atoms with Crippen LogP contribution in [-0.4, -0.2) is 24.2 Å². The Morgan fingerprint density at radius 1 is 1.60 bits per heavy atom. The molecule has 2 unspecified atom stereocenters. The number of anilines is 1. The highest BCUT2D eigenvalue weighted by Gasteiger charge is 2.27. The molecule has 1 aromatic rings. The third-order valence-electron chi connectivity index (χ3n) is 3.63. The predicted molar refractivity (Wildman–Crippen MR) is 74.4 cm³/mol. The van der Waals surface area contributed by atoms with E-state index < -0.39 is 4.92 Å². The predicted octanol–water partition coefficient (Wildman–Crippen LogP) is 2.69. The molecule has 1 N–H and O–H groups in total. The molecule has 0 aliphatic carbocycles. The molecule has 0 saturated carbocycles. The maximum absolute atomic E-state index is 11.0. The smallest absolute Gasteiger partial charge is 0.292 e. The van der Waals surface area contributed by atoms with Crippen molar-refractivity contribution in [2.24, 2.45) is 5.92 Å². The van der Waals surface area contributed by atoms with Crippen LogP contribution < -0.4 is 5.32 Å². The molecular formula is C14H17N3O3. The molecule has 0 spiro atoms. The van der Waals surface area contributed by atoms with Gasteiger partial charge in [0.1, 0.15) is 5.69 Å². The van der Waals surface area contributed by atoms with Gasteiger partial charge in [0.2, 0.25) is 0 Å². The van der Waals surface area contributed by atoms with Crippen LogP contribution in [-0.2, 0) is 4.74 Å². The summed E-state index contributed by atoms with van der Waals surface area (Å²) >= 11 is 0. The van der Waals surface area contributed by atoms with Gasteiger partial charge in [0.15, 0.2) is 0 Å². The highest BCUT2D eigenvalue weighted by Crippen LogP contribution is 2.28. The van der Waals surface area contributed by atoms with Crippen molar-refractivity contribution in [3.05, 3.63) is 33.9 Å². The van der Waals surface area contributed by atoms with Crippen LogP contribution in [0.3, 0.4) is 0 Å². The molecule has 6 heteroatoms. The van der Waals surface area contributed by atoms with Crippen molar-refractivity contribution >= 4 is 11.4 Å². The average molecular weight is 275 g/mol. The van der Waals surface area contributed by atoms with E-state index >= 15 is 0 Å². The first kappa shape index (κ1) is 14.3. The zero-order valence-corrected chi connectivity index (χ0v) is 11.3. The van der Waals surface area contributed by atoms with Gasteiger partial charge in [0.05, 0.1) is 22.7 Å². The third-order valence-corrected chi connectivity index (χ3v) is 3.63. The van der Waals surface area contributed by atoms with Gasteiger partial charge < -0.3 is 10.1 Å². The average Bonchev–Trinajstić information content (AvgIpc) is 2.91. The van der Waals surface area contributed by atoms with Gasteiger partial charge in [-0.15, -0.1) is 0 Å². The summed E-state index contributed by atoms with van der Waals surface area (Å²) in [6.07, 6.45) is 2.10. The molecule has 20 heavy (non-hydrogen) atoms. The molecule has 1 aliphatic heterocycles. The minimum absolute atomic E-state index is 0.00374. The molecule has 2 atom stereocenters. The molecule has 0 aromatic heterocycles. The third kappa shape index (κ3) is 3.06. The number of hydrogen-bond acceptors (Lipinski definition) is 5.